The molecule has 12 nitrogen and oxygen atoms in total. The summed E-state index contributed by atoms with van der Waals surface area (Å²) in [6, 6.07) is 8.11. The fraction of sp³-hybridized carbons (Fsp3) is 0.333. The number of anilines is 4. The van der Waals surface area contributed by atoms with Gasteiger partial charge in [0.2, 0.25) is 5.95 Å². The van der Waals surface area contributed by atoms with Crippen molar-refractivity contribution in [2.45, 2.75) is 39.2 Å². The van der Waals surface area contributed by atoms with Crippen LogP contribution in [-0.4, -0.2) is 53.0 Å². The van der Waals surface area contributed by atoms with Crippen molar-refractivity contribution in [3.8, 4) is 16.9 Å². The van der Waals surface area contributed by atoms with Crippen LogP contribution in [0.3, 0.4) is 0 Å². The first-order valence-electron chi connectivity index (χ1n) is 14.4. The van der Waals surface area contributed by atoms with Crippen LogP contribution in [0, 0.1) is 6.92 Å². The molecule has 0 saturated carbocycles. The lowest BCUT2D eigenvalue weighted by Gasteiger charge is -2.20. The van der Waals surface area contributed by atoms with Crippen LogP contribution >= 0.6 is 7.60 Å². The molecule has 1 amide bonds. The van der Waals surface area contributed by atoms with E-state index in [0.717, 1.165) is 0 Å². The number of carbonyl (C=O) groups excluding carboxylic acids is 1. The molecule has 4 aromatic rings. The molecule has 0 spiro atoms. The monoisotopic (exact) mass is 659 g/mol. The zero-order valence-corrected chi connectivity index (χ0v) is 26.5. The van der Waals surface area contributed by atoms with E-state index in [9.17, 15) is 22.5 Å². The van der Waals surface area contributed by atoms with Gasteiger partial charge in [0.15, 0.2) is 0 Å². The zero-order chi connectivity index (χ0) is 33.1. The number of hydrogen-bond acceptors (Lipinski definition) is 10. The third-order valence-corrected chi connectivity index (χ3v) is 9.22. The molecule has 8 bridgehead atoms. The summed E-state index contributed by atoms with van der Waals surface area (Å²) in [7, 11) is -0.694. The zero-order valence-electron chi connectivity index (χ0n) is 25.6. The number of rotatable bonds is 4. The van der Waals surface area contributed by atoms with Crippen LogP contribution in [0.4, 0.5) is 36.3 Å². The van der Waals surface area contributed by atoms with E-state index in [-0.39, 0.29) is 36.6 Å². The Morgan fingerprint density at radius 1 is 1.17 bits per heavy atom. The van der Waals surface area contributed by atoms with Crippen molar-refractivity contribution in [1.29, 1.82) is 0 Å². The minimum Gasteiger partial charge on any atom is -0.495 e. The fourth-order valence-electron chi connectivity index (χ4n) is 5.08. The maximum Gasteiger partial charge on any atom is 0.421 e. The van der Waals surface area contributed by atoms with Gasteiger partial charge in [-0.3, -0.25) is 14.0 Å². The van der Waals surface area contributed by atoms with Crippen molar-refractivity contribution in [2.75, 3.05) is 38.0 Å². The van der Waals surface area contributed by atoms with Crippen molar-refractivity contribution in [1.82, 2.24) is 25.1 Å². The van der Waals surface area contributed by atoms with Gasteiger partial charge in [0.25, 0.3) is 5.91 Å². The van der Waals surface area contributed by atoms with Gasteiger partial charge in [-0.05, 0) is 55.2 Å². The highest BCUT2D eigenvalue weighted by atomic mass is 31.2. The number of alkyl halides is 3. The highest BCUT2D eigenvalue weighted by Gasteiger charge is 2.36. The van der Waals surface area contributed by atoms with Crippen LogP contribution in [0.5, 0.6) is 5.75 Å². The van der Waals surface area contributed by atoms with Crippen molar-refractivity contribution in [3.63, 3.8) is 0 Å². The van der Waals surface area contributed by atoms with E-state index in [0.29, 0.717) is 52.9 Å². The molecular weight excluding hydrogens is 626 g/mol. The number of nitrogens with zero attached hydrogens (tertiary/aromatic N) is 4. The van der Waals surface area contributed by atoms with Gasteiger partial charge in [0.1, 0.15) is 17.1 Å². The van der Waals surface area contributed by atoms with Crippen LogP contribution in [0.1, 0.15) is 40.4 Å². The summed E-state index contributed by atoms with van der Waals surface area (Å²) in [5, 5.41) is 12.6. The first-order valence-corrected chi connectivity index (χ1v) is 16.1. The summed E-state index contributed by atoms with van der Waals surface area (Å²) < 4.78 is 74.5. The third kappa shape index (κ3) is 7.16. The molecule has 8 rings (SSSR count). The Balaban J connectivity index is 1.65. The Bertz CT molecular complexity index is 1800. The van der Waals surface area contributed by atoms with Gasteiger partial charge in [-0.15, -0.1) is 0 Å². The van der Waals surface area contributed by atoms with Gasteiger partial charge in [0.05, 0.1) is 49.6 Å². The topological polar surface area (TPSA) is 142 Å². The van der Waals surface area contributed by atoms with E-state index in [4.69, 9.17) is 13.8 Å². The number of nitrogens with one attached hydrogen (secondary N) is 3. The Morgan fingerprint density at radius 2 is 1.96 bits per heavy atom. The maximum absolute atomic E-state index is 14.1. The Kier molecular flexibility index (Phi) is 9.66. The molecule has 46 heavy (non-hydrogen) atoms. The fourth-order valence-corrected chi connectivity index (χ4v) is 6.78. The number of carbonyl (C=O) groups is 1. The SMILES string of the molecule is CCO[P@@]1(=O)Cc2ccc(c(OC)c2)Nc2ncc(C(F)(F)F)c(n2)Nc2ccc(c(C)c2C(=O)NC)-c2cnn(c2)CCCO1. The largest absolute Gasteiger partial charge is 0.495 e. The lowest BCUT2D eigenvalue weighted by Crippen LogP contribution is -2.21. The molecule has 1 atom stereocenters. The summed E-state index contributed by atoms with van der Waals surface area (Å²) in [6.45, 7) is 4.19. The molecule has 0 unspecified atom stereocenters. The summed E-state index contributed by atoms with van der Waals surface area (Å²) in [6.07, 6.45) is -0.285. The normalized spacial score (nSPS) is 16.9. The molecule has 0 radical (unpaired) electrons. The number of halogens is 3. The van der Waals surface area contributed by atoms with Gasteiger partial charge in [-0.25, -0.2) is 4.98 Å². The Hall–Kier alpha value is -4.46. The highest BCUT2D eigenvalue weighted by molar-refractivity contribution is 7.53. The van der Waals surface area contributed by atoms with Crippen molar-refractivity contribution < 1.29 is 36.3 Å². The summed E-state index contributed by atoms with van der Waals surface area (Å²) in [5.74, 6) is -0.953. The summed E-state index contributed by atoms with van der Waals surface area (Å²) >= 11 is 0. The molecule has 0 aliphatic carbocycles. The number of hydrogen-bond donors (Lipinski definition) is 3. The van der Waals surface area contributed by atoms with E-state index >= 15 is 0 Å². The minimum absolute atomic E-state index is 0.0310. The van der Waals surface area contributed by atoms with Crippen molar-refractivity contribution >= 4 is 36.6 Å². The molecule has 244 valence electrons. The van der Waals surface area contributed by atoms with Gasteiger partial charge < -0.3 is 29.7 Å². The summed E-state index contributed by atoms with van der Waals surface area (Å²) in [4.78, 5) is 21.1. The third-order valence-electron chi connectivity index (χ3n) is 7.24. The molecule has 0 saturated heterocycles. The number of methoxy groups -OCH3 is 1. The van der Waals surface area contributed by atoms with E-state index in [1.165, 1.54) is 20.2 Å². The van der Waals surface area contributed by atoms with Crippen LogP contribution in [-0.2, 0) is 32.5 Å². The number of amides is 1. The van der Waals surface area contributed by atoms with Gasteiger partial charge in [-0.2, -0.15) is 23.3 Å². The van der Waals surface area contributed by atoms with E-state index < -0.39 is 31.1 Å². The molecule has 2 aromatic heterocycles. The van der Waals surface area contributed by atoms with Gasteiger partial charge in [-0.1, -0.05) is 12.1 Å². The van der Waals surface area contributed by atoms with E-state index in [1.54, 1.807) is 55.2 Å². The average molecular weight is 660 g/mol. The molecule has 16 heteroatoms. The van der Waals surface area contributed by atoms with Crippen LogP contribution < -0.4 is 20.7 Å². The highest BCUT2D eigenvalue weighted by Crippen LogP contribution is 2.52. The first kappa shape index (κ1) is 32.9. The molecule has 0 fully saturated rings. The number of benzene rings is 2. The van der Waals surface area contributed by atoms with Crippen LogP contribution in [0.2, 0.25) is 0 Å². The number of aryl methyl sites for hydroxylation is 1. The predicted molar refractivity (Wildman–Crippen MR) is 166 cm³/mol. The van der Waals surface area contributed by atoms with Gasteiger partial charge >= 0.3 is 13.8 Å². The quantitative estimate of drug-likeness (QED) is 0.203. The number of aromatic nitrogens is 4. The molecule has 2 aromatic carbocycles. The second-order valence-electron chi connectivity index (χ2n) is 10.3. The second-order valence-corrected chi connectivity index (χ2v) is 12.4. The van der Waals surface area contributed by atoms with E-state index in [2.05, 4.69) is 31.0 Å². The molecule has 4 aliphatic rings. The minimum atomic E-state index is -4.81. The lowest BCUT2D eigenvalue weighted by molar-refractivity contribution is -0.137. The standard InChI is InChI=1S/C30H33F3N7O5P/c1-5-44-46(42)17-19-7-9-23(25(13-19)43-4)38-29-35-15-22(30(31,32)33)27(39-29)37-24-10-8-21(18(2)26(24)28(41)34-3)20-14-36-40(16-20)11-6-12-45-46/h7-10,13-16H,5-6,11-12,17H2,1-4H3,(H,34,41)(H2,35,37,38,39)/t46-/m0/s1. The molecule has 3 N–H and O–H groups in total. The smallest absolute Gasteiger partial charge is 0.421 e. The summed E-state index contributed by atoms with van der Waals surface area (Å²) in [5.41, 5.74) is 1.91. The van der Waals surface area contributed by atoms with E-state index in [1.807, 2.05) is 0 Å². The van der Waals surface area contributed by atoms with Crippen LogP contribution in [0.25, 0.3) is 11.1 Å². The lowest BCUT2D eigenvalue weighted by atomic mass is 9.96. The first-order chi connectivity index (χ1) is 21.9. The Labute approximate surface area is 263 Å². The molecular formula is C30H33F3N7O5P. The Morgan fingerprint density at radius 3 is 2.67 bits per heavy atom. The maximum atomic E-state index is 14.1. The van der Waals surface area contributed by atoms with Crippen LogP contribution in [0.15, 0.2) is 48.9 Å². The predicted octanol–water partition coefficient (Wildman–Crippen LogP) is 6.67. The van der Waals surface area contributed by atoms with Gasteiger partial charge in [0, 0.05) is 31.5 Å². The second kappa shape index (κ2) is 13.5. The molecule has 4 aliphatic heterocycles. The van der Waals surface area contributed by atoms with Crippen molar-refractivity contribution in [2.24, 2.45) is 0 Å². The average Bonchev–Trinajstić information content (AvgIpc) is 3.48. The molecule has 6 heterocycles. The number of ether oxygens (including phenoxy) is 1. The van der Waals surface area contributed by atoms with Crippen molar-refractivity contribution in [3.05, 3.63) is 71.2 Å².